The minimum Gasteiger partial charge on any atom is -0.341 e. The highest BCUT2D eigenvalue weighted by Crippen LogP contribution is 2.20. The summed E-state index contributed by atoms with van der Waals surface area (Å²) < 4.78 is 2.17. The smallest absolute Gasteiger partial charge is 0.253 e. The Labute approximate surface area is 128 Å². The van der Waals surface area contributed by atoms with Crippen molar-refractivity contribution in [3.63, 3.8) is 0 Å². The van der Waals surface area contributed by atoms with Crippen molar-refractivity contribution in [3.8, 4) is 0 Å². The monoisotopic (exact) mass is 300 g/mol. The average molecular weight is 300 g/mol. The summed E-state index contributed by atoms with van der Waals surface area (Å²) in [7, 11) is 1.79. The lowest BCUT2D eigenvalue weighted by Crippen LogP contribution is -2.35. The molecule has 6 nitrogen and oxygen atoms in total. The summed E-state index contributed by atoms with van der Waals surface area (Å²) in [5, 5.41) is 0. The van der Waals surface area contributed by atoms with Crippen LogP contribution in [-0.4, -0.2) is 38.9 Å². The number of rotatable bonds is 3. The van der Waals surface area contributed by atoms with Crippen molar-refractivity contribution in [1.29, 1.82) is 0 Å². The standard InChI is InChI=1S/C16H20N4O2/c1-11-7-13(9-15(21)18-11)16(22)19(2)10-12-3-5-20-6-4-17-14(20)8-12/h4,6-7,9,12H,3,5,8,10H2,1-2H3,(H,18,21). The summed E-state index contributed by atoms with van der Waals surface area (Å²) in [4.78, 5) is 32.7. The van der Waals surface area contributed by atoms with Crippen molar-refractivity contribution in [2.24, 2.45) is 5.92 Å². The fourth-order valence-electron chi connectivity index (χ4n) is 3.07. The molecule has 0 saturated carbocycles. The first kappa shape index (κ1) is 14.6. The van der Waals surface area contributed by atoms with Gasteiger partial charge in [0.2, 0.25) is 5.56 Å². The van der Waals surface area contributed by atoms with Crippen molar-refractivity contribution in [1.82, 2.24) is 19.4 Å². The van der Waals surface area contributed by atoms with Crippen LogP contribution in [-0.2, 0) is 13.0 Å². The SMILES string of the molecule is Cc1cc(C(=O)N(C)CC2CCn3ccnc3C2)cc(=O)[nH]1. The molecule has 0 radical (unpaired) electrons. The molecular weight excluding hydrogens is 280 g/mol. The summed E-state index contributed by atoms with van der Waals surface area (Å²) in [5.41, 5.74) is 0.904. The second kappa shape index (κ2) is 5.79. The molecule has 2 aromatic rings. The summed E-state index contributed by atoms with van der Waals surface area (Å²) in [5.74, 6) is 1.39. The number of imidazole rings is 1. The Morgan fingerprint density at radius 2 is 2.32 bits per heavy atom. The zero-order valence-corrected chi connectivity index (χ0v) is 12.9. The fourth-order valence-corrected chi connectivity index (χ4v) is 3.07. The number of hydrogen-bond donors (Lipinski definition) is 1. The topological polar surface area (TPSA) is 71.0 Å². The molecule has 0 bridgehead atoms. The molecule has 3 rings (SSSR count). The maximum absolute atomic E-state index is 12.5. The maximum Gasteiger partial charge on any atom is 0.253 e. The fraction of sp³-hybridized carbons (Fsp3) is 0.438. The molecule has 1 atom stereocenters. The molecule has 116 valence electrons. The van der Waals surface area contributed by atoms with Crippen LogP contribution >= 0.6 is 0 Å². The first-order valence-corrected chi connectivity index (χ1v) is 7.49. The second-order valence-corrected chi connectivity index (χ2v) is 6.00. The van der Waals surface area contributed by atoms with Gasteiger partial charge in [0.25, 0.3) is 5.91 Å². The van der Waals surface area contributed by atoms with Crippen molar-refractivity contribution in [2.45, 2.75) is 26.3 Å². The first-order chi connectivity index (χ1) is 10.5. The first-order valence-electron chi connectivity index (χ1n) is 7.49. The predicted octanol–water partition coefficient (Wildman–Crippen LogP) is 1.21. The molecule has 6 heteroatoms. The van der Waals surface area contributed by atoms with Crippen LogP contribution in [0, 0.1) is 12.8 Å². The zero-order chi connectivity index (χ0) is 15.7. The molecule has 1 N–H and O–H groups in total. The van der Waals surface area contributed by atoms with E-state index in [-0.39, 0.29) is 11.5 Å². The summed E-state index contributed by atoms with van der Waals surface area (Å²) in [6, 6.07) is 3.08. The van der Waals surface area contributed by atoms with E-state index in [0.717, 1.165) is 25.2 Å². The number of aromatic amines is 1. The molecule has 2 aromatic heterocycles. The van der Waals surface area contributed by atoms with Gasteiger partial charge in [0.15, 0.2) is 0 Å². The van der Waals surface area contributed by atoms with Crippen LogP contribution in [0.3, 0.4) is 0 Å². The van der Waals surface area contributed by atoms with Crippen LogP contribution in [0.4, 0.5) is 0 Å². The van der Waals surface area contributed by atoms with Crippen LogP contribution in [0.5, 0.6) is 0 Å². The van der Waals surface area contributed by atoms with E-state index in [9.17, 15) is 9.59 Å². The van der Waals surface area contributed by atoms with Crippen molar-refractivity contribution in [3.05, 3.63) is 52.0 Å². The van der Waals surface area contributed by atoms with E-state index in [1.54, 1.807) is 24.9 Å². The number of nitrogens with one attached hydrogen (secondary N) is 1. The lowest BCUT2D eigenvalue weighted by atomic mass is 9.97. The van der Waals surface area contributed by atoms with Gasteiger partial charge in [-0.25, -0.2) is 4.98 Å². The van der Waals surface area contributed by atoms with E-state index in [2.05, 4.69) is 14.5 Å². The van der Waals surface area contributed by atoms with Gasteiger partial charge < -0.3 is 14.5 Å². The highest BCUT2D eigenvalue weighted by atomic mass is 16.2. The highest BCUT2D eigenvalue weighted by Gasteiger charge is 2.23. The lowest BCUT2D eigenvalue weighted by Gasteiger charge is -2.27. The molecule has 1 aliphatic heterocycles. The largest absolute Gasteiger partial charge is 0.341 e. The number of pyridine rings is 1. The van der Waals surface area contributed by atoms with Crippen molar-refractivity contribution >= 4 is 5.91 Å². The number of amides is 1. The van der Waals surface area contributed by atoms with E-state index >= 15 is 0 Å². The van der Waals surface area contributed by atoms with Crippen LogP contribution in [0.1, 0.15) is 28.3 Å². The van der Waals surface area contributed by atoms with Gasteiger partial charge in [0.1, 0.15) is 5.82 Å². The minimum atomic E-state index is -0.239. The van der Waals surface area contributed by atoms with Gasteiger partial charge in [-0.2, -0.15) is 0 Å². The van der Waals surface area contributed by atoms with Crippen molar-refractivity contribution in [2.75, 3.05) is 13.6 Å². The van der Waals surface area contributed by atoms with E-state index in [4.69, 9.17) is 0 Å². The Kier molecular flexibility index (Phi) is 3.83. The average Bonchev–Trinajstić information content (AvgIpc) is 2.93. The van der Waals surface area contributed by atoms with E-state index in [1.165, 1.54) is 6.07 Å². The van der Waals surface area contributed by atoms with Gasteiger partial charge in [0.05, 0.1) is 0 Å². The van der Waals surface area contributed by atoms with Gasteiger partial charge in [-0.1, -0.05) is 0 Å². The second-order valence-electron chi connectivity index (χ2n) is 6.00. The van der Waals surface area contributed by atoms with Crippen molar-refractivity contribution < 1.29 is 4.79 Å². The molecule has 0 saturated heterocycles. The molecule has 1 aliphatic rings. The number of carbonyl (C=O) groups is 1. The van der Waals surface area contributed by atoms with Crippen LogP contribution in [0.25, 0.3) is 0 Å². The molecule has 0 fully saturated rings. The van der Waals surface area contributed by atoms with E-state index in [0.29, 0.717) is 23.7 Å². The molecule has 0 aromatic carbocycles. The number of fused-ring (bicyclic) bond motifs is 1. The van der Waals surface area contributed by atoms with Crippen LogP contribution in [0.2, 0.25) is 0 Å². The van der Waals surface area contributed by atoms with Crippen LogP contribution in [0.15, 0.2) is 29.3 Å². The third-order valence-corrected chi connectivity index (χ3v) is 4.16. The van der Waals surface area contributed by atoms with E-state index < -0.39 is 0 Å². The lowest BCUT2D eigenvalue weighted by molar-refractivity contribution is 0.0763. The number of H-pyrrole nitrogens is 1. The highest BCUT2D eigenvalue weighted by molar-refractivity contribution is 5.94. The normalized spacial score (nSPS) is 17.1. The zero-order valence-electron chi connectivity index (χ0n) is 12.9. The Balaban J connectivity index is 1.68. The van der Waals surface area contributed by atoms with Crippen LogP contribution < -0.4 is 5.56 Å². The van der Waals surface area contributed by atoms with E-state index in [1.807, 2.05) is 12.4 Å². The number of aryl methyl sites for hydroxylation is 2. The number of hydrogen-bond acceptors (Lipinski definition) is 3. The van der Waals surface area contributed by atoms with Gasteiger partial charge in [-0.05, 0) is 25.3 Å². The Morgan fingerprint density at radius 1 is 1.50 bits per heavy atom. The Hall–Kier alpha value is -2.37. The Morgan fingerprint density at radius 3 is 3.09 bits per heavy atom. The number of carbonyl (C=O) groups excluding carboxylic acids is 1. The molecular formula is C16H20N4O2. The quantitative estimate of drug-likeness (QED) is 0.926. The van der Waals surface area contributed by atoms with Gasteiger partial charge in [-0.3, -0.25) is 9.59 Å². The van der Waals surface area contributed by atoms with Gasteiger partial charge in [-0.15, -0.1) is 0 Å². The summed E-state index contributed by atoms with van der Waals surface area (Å²) in [6.45, 7) is 3.41. The number of aromatic nitrogens is 3. The van der Waals surface area contributed by atoms with Gasteiger partial charge >= 0.3 is 0 Å². The molecule has 0 aliphatic carbocycles. The molecule has 3 heterocycles. The number of nitrogens with zero attached hydrogens (tertiary/aromatic N) is 3. The maximum atomic E-state index is 12.5. The predicted molar refractivity (Wildman–Crippen MR) is 82.8 cm³/mol. The molecule has 0 spiro atoms. The molecule has 1 amide bonds. The third-order valence-electron chi connectivity index (χ3n) is 4.16. The third kappa shape index (κ3) is 2.95. The van der Waals surface area contributed by atoms with Gasteiger partial charge in [0, 0.05) is 56.3 Å². The summed E-state index contributed by atoms with van der Waals surface area (Å²) >= 11 is 0. The molecule has 22 heavy (non-hydrogen) atoms. The summed E-state index contributed by atoms with van der Waals surface area (Å²) in [6.07, 6.45) is 5.75. The Bertz CT molecular complexity index is 747. The molecule has 1 unspecified atom stereocenters. The minimum absolute atomic E-state index is 0.108.